The molecular weight excluding hydrogens is 196 g/mol. The van der Waals surface area contributed by atoms with Crippen molar-refractivity contribution >= 4 is 11.9 Å². The van der Waals surface area contributed by atoms with Crippen LogP contribution in [0.1, 0.15) is 20.3 Å². The lowest BCUT2D eigenvalue weighted by Crippen LogP contribution is -2.45. The molecule has 0 spiro atoms. The van der Waals surface area contributed by atoms with Crippen LogP contribution in [-0.4, -0.2) is 38.6 Å². The van der Waals surface area contributed by atoms with Crippen molar-refractivity contribution in [2.75, 3.05) is 20.7 Å². The van der Waals surface area contributed by atoms with Crippen LogP contribution in [-0.2, 0) is 14.3 Å². The van der Waals surface area contributed by atoms with E-state index in [0.29, 0.717) is 12.3 Å². The Balaban J connectivity index is 4.24. The fourth-order valence-corrected chi connectivity index (χ4v) is 1.23. The molecule has 0 fully saturated rings. The molecule has 5 heteroatoms. The van der Waals surface area contributed by atoms with Crippen molar-refractivity contribution in [2.45, 2.75) is 26.3 Å². The molecule has 5 nitrogen and oxygen atoms in total. The lowest BCUT2D eigenvalue weighted by atomic mass is 10.0. The lowest BCUT2D eigenvalue weighted by molar-refractivity contribution is -0.145. The predicted octanol–water partition coefficient (Wildman–Crippen LogP) is -0.0903. The van der Waals surface area contributed by atoms with E-state index in [1.54, 1.807) is 7.05 Å². The second-order valence-electron chi connectivity index (χ2n) is 3.80. The van der Waals surface area contributed by atoms with Crippen molar-refractivity contribution in [3.63, 3.8) is 0 Å². The molecule has 88 valence electrons. The van der Waals surface area contributed by atoms with Crippen molar-refractivity contribution in [3.8, 4) is 0 Å². The maximum absolute atomic E-state index is 11.3. The summed E-state index contributed by atoms with van der Waals surface area (Å²) in [7, 11) is 3.00. The fourth-order valence-electron chi connectivity index (χ4n) is 1.23. The molecule has 0 aliphatic rings. The molecule has 1 amide bonds. The van der Waals surface area contributed by atoms with Gasteiger partial charge in [0, 0.05) is 0 Å². The summed E-state index contributed by atoms with van der Waals surface area (Å²) in [5.74, 6) is -0.273. The number of hydrogen-bond donors (Lipinski definition) is 2. The smallest absolute Gasteiger partial charge is 0.328 e. The molecule has 15 heavy (non-hydrogen) atoms. The first-order valence-electron chi connectivity index (χ1n) is 5.03. The van der Waals surface area contributed by atoms with E-state index < -0.39 is 12.0 Å². The van der Waals surface area contributed by atoms with E-state index in [9.17, 15) is 9.59 Å². The number of ether oxygens (including phenoxy) is 1. The lowest BCUT2D eigenvalue weighted by Gasteiger charge is -2.18. The third-order valence-electron chi connectivity index (χ3n) is 1.87. The fraction of sp³-hybridized carbons (Fsp3) is 0.800. The van der Waals surface area contributed by atoms with Gasteiger partial charge in [0.1, 0.15) is 6.04 Å². The predicted molar refractivity (Wildman–Crippen MR) is 57.3 cm³/mol. The summed E-state index contributed by atoms with van der Waals surface area (Å²) < 4.78 is 4.62. The molecular formula is C10H20N2O3. The van der Waals surface area contributed by atoms with Crippen LogP contribution in [0.25, 0.3) is 0 Å². The number of likely N-dealkylation sites (N-methyl/N-ethyl adjacent to an activating group) is 1. The van der Waals surface area contributed by atoms with E-state index in [2.05, 4.69) is 15.4 Å². The second kappa shape index (κ2) is 7.23. The van der Waals surface area contributed by atoms with Crippen LogP contribution in [0.15, 0.2) is 0 Å². The summed E-state index contributed by atoms with van der Waals surface area (Å²) in [6.45, 7) is 4.17. The van der Waals surface area contributed by atoms with Gasteiger partial charge in [0.25, 0.3) is 0 Å². The van der Waals surface area contributed by atoms with Crippen molar-refractivity contribution in [1.82, 2.24) is 10.6 Å². The maximum Gasteiger partial charge on any atom is 0.328 e. The van der Waals surface area contributed by atoms with Crippen molar-refractivity contribution < 1.29 is 14.3 Å². The molecule has 0 aliphatic carbocycles. The highest BCUT2D eigenvalue weighted by molar-refractivity contribution is 5.85. The minimum Gasteiger partial charge on any atom is -0.467 e. The minimum atomic E-state index is -0.546. The SMILES string of the molecule is CNCC(=O)N[C@@H](CC(C)C)C(=O)OC. The van der Waals surface area contributed by atoms with Gasteiger partial charge in [0.05, 0.1) is 13.7 Å². The number of methoxy groups -OCH3 is 1. The summed E-state index contributed by atoms with van der Waals surface area (Å²) in [5.41, 5.74) is 0. The molecule has 0 aliphatic heterocycles. The molecule has 0 unspecified atom stereocenters. The Kier molecular flexibility index (Phi) is 6.70. The minimum absolute atomic E-state index is 0.200. The van der Waals surface area contributed by atoms with E-state index in [4.69, 9.17) is 0 Å². The number of rotatable bonds is 6. The first kappa shape index (κ1) is 13.9. The zero-order valence-corrected chi connectivity index (χ0v) is 9.79. The highest BCUT2D eigenvalue weighted by Gasteiger charge is 2.21. The van der Waals surface area contributed by atoms with Crippen molar-refractivity contribution in [2.24, 2.45) is 5.92 Å². The quantitative estimate of drug-likeness (QED) is 0.609. The molecule has 0 rings (SSSR count). The van der Waals surface area contributed by atoms with Gasteiger partial charge in [-0.15, -0.1) is 0 Å². The van der Waals surface area contributed by atoms with E-state index in [-0.39, 0.29) is 12.5 Å². The summed E-state index contributed by atoms with van der Waals surface area (Å²) >= 11 is 0. The van der Waals surface area contributed by atoms with E-state index in [1.165, 1.54) is 7.11 Å². The van der Waals surface area contributed by atoms with Gasteiger partial charge < -0.3 is 15.4 Å². The molecule has 0 aromatic heterocycles. The summed E-state index contributed by atoms with van der Waals surface area (Å²) in [6.07, 6.45) is 0.585. The normalized spacial score (nSPS) is 12.3. The Morgan fingerprint density at radius 1 is 1.33 bits per heavy atom. The monoisotopic (exact) mass is 216 g/mol. The number of hydrogen-bond acceptors (Lipinski definition) is 4. The third-order valence-corrected chi connectivity index (χ3v) is 1.87. The van der Waals surface area contributed by atoms with Gasteiger partial charge in [0.15, 0.2) is 0 Å². The number of carbonyl (C=O) groups is 2. The van der Waals surface area contributed by atoms with Gasteiger partial charge in [-0.25, -0.2) is 4.79 Å². The van der Waals surface area contributed by atoms with Crippen molar-refractivity contribution in [3.05, 3.63) is 0 Å². The average molecular weight is 216 g/mol. The largest absolute Gasteiger partial charge is 0.467 e. The average Bonchev–Trinajstić information content (AvgIpc) is 2.15. The standard InChI is InChI=1S/C10H20N2O3/c1-7(2)5-8(10(14)15-4)12-9(13)6-11-3/h7-8,11H,5-6H2,1-4H3,(H,12,13)/t8-/m0/s1. The van der Waals surface area contributed by atoms with Crippen LogP contribution >= 0.6 is 0 Å². The second-order valence-corrected chi connectivity index (χ2v) is 3.80. The molecule has 0 aromatic rings. The highest BCUT2D eigenvalue weighted by atomic mass is 16.5. The maximum atomic E-state index is 11.3. The Labute approximate surface area is 90.6 Å². The van der Waals surface area contributed by atoms with Crippen LogP contribution in [0, 0.1) is 5.92 Å². The number of carbonyl (C=O) groups excluding carboxylic acids is 2. The van der Waals surface area contributed by atoms with E-state index in [0.717, 1.165) is 0 Å². The van der Waals surface area contributed by atoms with Gasteiger partial charge in [-0.05, 0) is 19.4 Å². The number of nitrogens with one attached hydrogen (secondary N) is 2. The van der Waals surface area contributed by atoms with Gasteiger partial charge in [-0.2, -0.15) is 0 Å². The molecule has 2 N–H and O–H groups in total. The zero-order valence-electron chi connectivity index (χ0n) is 9.79. The van der Waals surface area contributed by atoms with Crippen molar-refractivity contribution in [1.29, 1.82) is 0 Å². The Hall–Kier alpha value is -1.10. The number of esters is 1. The first-order chi connectivity index (χ1) is 7.01. The van der Waals surface area contributed by atoms with Gasteiger partial charge >= 0.3 is 5.97 Å². The van der Waals surface area contributed by atoms with Crippen LogP contribution in [0.5, 0.6) is 0 Å². The Morgan fingerprint density at radius 2 is 1.93 bits per heavy atom. The van der Waals surface area contributed by atoms with Gasteiger partial charge in [-0.3, -0.25) is 4.79 Å². The Bertz CT molecular complexity index is 217. The van der Waals surface area contributed by atoms with E-state index >= 15 is 0 Å². The summed E-state index contributed by atoms with van der Waals surface area (Å²) in [5, 5.41) is 5.34. The molecule has 1 atom stereocenters. The molecule has 0 saturated heterocycles. The third kappa shape index (κ3) is 6.06. The van der Waals surface area contributed by atoms with Gasteiger partial charge in [-0.1, -0.05) is 13.8 Å². The first-order valence-corrected chi connectivity index (χ1v) is 5.03. The molecule has 0 heterocycles. The van der Waals surface area contributed by atoms with E-state index in [1.807, 2.05) is 13.8 Å². The Morgan fingerprint density at radius 3 is 2.33 bits per heavy atom. The zero-order chi connectivity index (χ0) is 11.8. The van der Waals surface area contributed by atoms with Gasteiger partial charge in [0.2, 0.25) is 5.91 Å². The number of amides is 1. The molecule has 0 bridgehead atoms. The molecule has 0 aromatic carbocycles. The van der Waals surface area contributed by atoms with Crippen LogP contribution in [0.3, 0.4) is 0 Å². The summed E-state index contributed by atoms with van der Waals surface area (Å²) in [4.78, 5) is 22.6. The van der Waals surface area contributed by atoms with Crippen LogP contribution in [0.4, 0.5) is 0 Å². The topological polar surface area (TPSA) is 67.4 Å². The molecule has 0 radical (unpaired) electrons. The molecule has 0 saturated carbocycles. The van der Waals surface area contributed by atoms with Crippen LogP contribution < -0.4 is 10.6 Å². The van der Waals surface area contributed by atoms with Crippen LogP contribution in [0.2, 0.25) is 0 Å². The highest BCUT2D eigenvalue weighted by Crippen LogP contribution is 2.05. The summed E-state index contributed by atoms with van der Waals surface area (Å²) in [6, 6.07) is -0.546.